The molecule has 11 nitrogen and oxygen atoms in total. The maximum Gasteiger partial charge on any atom is 0.247 e. The van der Waals surface area contributed by atoms with Gasteiger partial charge in [-0.3, -0.25) is 14.4 Å². The Balaban J connectivity index is 1.35. The fraction of sp³-hybridized carbons (Fsp3) is 0.483. The summed E-state index contributed by atoms with van der Waals surface area (Å²) < 4.78 is 8.24. The zero-order valence-corrected chi connectivity index (χ0v) is 22.8. The van der Waals surface area contributed by atoms with E-state index in [1.54, 1.807) is 16.8 Å². The molecule has 2 aromatic carbocycles. The number of aliphatic hydroxyl groups is 1. The Morgan fingerprint density at radius 3 is 2.55 bits per heavy atom. The highest BCUT2D eigenvalue weighted by molar-refractivity contribution is 6.02. The van der Waals surface area contributed by atoms with Crippen LogP contribution in [0.1, 0.15) is 33.6 Å². The monoisotopic (exact) mass is 546 g/mol. The highest BCUT2D eigenvalue weighted by Crippen LogP contribution is 2.63. The van der Waals surface area contributed by atoms with Crippen LogP contribution in [0, 0.1) is 17.8 Å². The van der Waals surface area contributed by atoms with E-state index >= 15 is 0 Å². The molecule has 2 unspecified atom stereocenters. The standard InChI is InChI=1S/C29H34N6O5/c1-17(2)21(15-36)35-24(26(38)30-16-34-20-12-8-7-11-19(20)32-33-34)29-14-13-28(3,40-29)22(23(29)27(35)39)25(37)31-18-9-5-4-6-10-18/h4-12,17,21-24,36H,13-16H2,1-3H3,(H,30,38)(H,31,37)/t21-,22+,23-,24?,28-,29?/m0/s1. The fourth-order valence-electron chi connectivity index (χ4n) is 7.07. The second kappa shape index (κ2) is 9.67. The van der Waals surface area contributed by atoms with E-state index in [9.17, 15) is 19.5 Å². The average molecular weight is 547 g/mol. The number of aliphatic hydroxyl groups excluding tert-OH is 1. The van der Waals surface area contributed by atoms with E-state index in [2.05, 4.69) is 20.9 Å². The predicted molar refractivity (Wildman–Crippen MR) is 146 cm³/mol. The van der Waals surface area contributed by atoms with Gasteiger partial charge in [0.15, 0.2) is 0 Å². The first-order chi connectivity index (χ1) is 19.2. The zero-order valence-electron chi connectivity index (χ0n) is 22.8. The number of hydrogen-bond acceptors (Lipinski definition) is 7. The van der Waals surface area contributed by atoms with E-state index in [0.717, 1.165) is 5.52 Å². The molecule has 1 spiro atoms. The van der Waals surface area contributed by atoms with Crippen LogP contribution in [0.3, 0.4) is 0 Å². The Bertz CT molecular complexity index is 1460. The molecule has 210 valence electrons. The van der Waals surface area contributed by atoms with Crippen LogP contribution >= 0.6 is 0 Å². The molecule has 6 rings (SSSR count). The minimum Gasteiger partial charge on any atom is -0.394 e. The molecule has 3 fully saturated rings. The molecule has 3 aliphatic heterocycles. The summed E-state index contributed by atoms with van der Waals surface area (Å²) in [5.74, 6) is -2.85. The van der Waals surface area contributed by atoms with Gasteiger partial charge in [0.1, 0.15) is 23.8 Å². The highest BCUT2D eigenvalue weighted by atomic mass is 16.5. The molecule has 0 saturated carbocycles. The molecule has 3 aromatic rings. The van der Waals surface area contributed by atoms with E-state index in [-0.39, 0.29) is 31.0 Å². The summed E-state index contributed by atoms with van der Waals surface area (Å²) in [5.41, 5.74) is -0.0113. The Labute approximate surface area is 231 Å². The van der Waals surface area contributed by atoms with Crippen molar-refractivity contribution in [2.24, 2.45) is 17.8 Å². The second-order valence-corrected chi connectivity index (χ2v) is 11.6. The number of anilines is 1. The van der Waals surface area contributed by atoms with Gasteiger partial charge < -0.3 is 25.4 Å². The van der Waals surface area contributed by atoms with Crippen molar-refractivity contribution >= 4 is 34.4 Å². The number of para-hydroxylation sites is 2. The van der Waals surface area contributed by atoms with Gasteiger partial charge >= 0.3 is 0 Å². The smallest absolute Gasteiger partial charge is 0.247 e. The molecule has 1 aromatic heterocycles. The van der Waals surface area contributed by atoms with E-state index < -0.39 is 41.0 Å². The van der Waals surface area contributed by atoms with Crippen molar-refractivity contribution in [2.45, 2.75) is 63.6 Å². The summed E-state index contributed by atoms with van der Waals surface area (Å²) in [6.45, 7) is 5.38. The van der Waals surface area contributed by atoms with Crippen molar-refractivity contribution in [3.63, 3.8) is 0 Å². The number of nitrogens with one attached hydrogen (secondary N) is 2. The molecule has 11 heteroatoms. The van der Waals surface area contributed by atoms with Gasteiger partial charge in [0.05, 0.1) is 35.6 Å². The topological polar surface area (TPSA) is 139 Å². The highest BCUT2D eigenvalue weighted by Gasteiger charge is 2.78. The molecule has 0 radical (unpaired) electrons. The Morgan fingerprint density at radius 1 is 1.10 bits per heavy atom. The average Bonchev–Trinajstić information content (AvgIpc) is 3.64. The van der Waals surface area contributed by atoms with Crippen LogP contribution in [0.15, 0.2) is 54.6 Å². The molecule has 3 aliphatic rings. The number of carbonyl (C=O) groups is 3. The van der Waals surface area contributed by atoms with Gasteiger partial charge in [-0.15, -0.1) is 5.10 Å². The van der Waals surface area contributed by atoms with Crippen molar-refractivity contribution in [2.75, 3.05) is 11.9 Å². The normalized spacial score (nSPS) is 29.7. The molecule has 4 heterocycles. The first-order valence-electron chi connectivity index (χ1n) is 13.8. The number of likely N-dealkylation sites (tertiary alicyclic amines) is 1. The van der Waals surface area contributed by atoms with Crippen molar-refractivity contribution in [1.82, 2.24) is 25.2 Å². The zero-order chi connectivity index (χ0) is 28.2. The number of benzene rings is 2. The number of hydrogen-bond donors (Lipinski definition) is 3. The van der Waals surface area contributed by atoms with Crippen molar-refractivity contribution in [3.05, 3.63) is 54.6 Å². The Hall–Kier alpha value is -3.83. The lowest BCUT2D eigenvalue weighted by molar-refractivity contribution is -0.150. The number of ether oxygens (including phenoxy) is 1. The van der Waals surface area contributed by atoms with E-state index in [0.29, 0.717) is 24.0 Å². The number of rotatable bonds is 8. The van der Waals surface area contributed by atoms with Crippen LogP contribution in [0.5, 0.6) is 0 Å². The molecular weight excluding hydrogens is 512 g/mol. The Kier molecular flexibility index (Phi) is 6.38. The molecule has 6 atom stereocenters. The predicted octanol–water partition coefficient (Wildman–Crippen LogP) is 1.93. The van der Waals surface area contributed by atoms with Crippen LogP contribution in [0.2, 0.25) is 0 Å². The molecule has 3 saturated heterocycles. The third kappa shape index (κ3) is 3.90. The number of aromatic nitrogens is 3. The summed E-state index contributed by atoms with van der Waals surface area (Å²) in [6.07, 6.45) is 0.979. The number of amides is 3. The van der Waals surface area contributed by atoms with E-state index in [1.165, 1.54) is 4.90 Å². The first kappa shape index (κ1) is 26.4. The van der Waals surface area contributed by atoms with Crippen molar-refractivity contribution in [1.29, 1.82) is 0 Å². The molecular formula is C29H34N6O5. The summed E-state index contributed by atoms with van der Waals surface area (Å²) in [6, 6.07) is 14.9. The van der Waals surface area contributed by atoms with Gasteiger partial charge in [-0.25, -0.2) is 4.68 Å². The molecule has 0 aliphatic carbocycles. The van der Waals surface area contributed by atoms with E-state index in [1.807, 2.05) is 63.2 Å². The van der Waals surface area contributed by atoms with Gasteiger partial charge in [0, 0.05) is 5.69 Å². The van der Waals surface area contributed by atoms with Gasteiger partial charge in [-0.2, -0.15) is 0 Å². The lowest BCUT2D eigenvalue weighted by Gasteiger charge is -2.38. The van der Waals surface area contributed by atoms with Crippen molar-refractivity contribution < 1.29 is 24.2 Å². The summed E-state index contributed by atoms with van der Waals surface area (Å²) in [5, 5.41) is 24.5. The fourth-order valence-corrected chi connectivity index (χ4v) is 7.07. The maximum atomic E-state index is 14.3. The maximum absolute atomic E-state index is 14.3. The third-order valence-electron chi connectivity index (χ3n) is 8.92. The van der Waals surface area contributed by atoms with E-state index in [4.69, 9.17) is 4.74 Å². The lowest BCUT2D eigenvalue weighted by Crippen LogP contribution is -2.59. The van der Waals surface area contributed by atoms with Crippen molar-refractivity contribution in [3.8, 4) is 0 Å². The minimum absolute atomic E-state index is 0.0410. The minimum atomic E-state index is -1.19. The van der Waals surface area contributed by atoms with Crippen LogP contribution in [-0.2, 0) is 25.8 Å². The van der Waals surface area contributed by atoms with Crippen LogP contribution < -0.4 is 10.6 Å². The Morgan fingerprint density at radius 2 is 1.82 bits per heavy atom. The molecule has 3 amide bonds. The van der Waals surface area contributed by atoms with Crippen LogP contribution in [-0.4, -0.2) is 72.6 Å². The molecule has 2 bridgehead atoms. The summed E-state index contributed by atoms with van der Waals surface area (Å²) in [7, 11) is 0. The quantitative estimate of drug-likeness (QED) is 0.392. The van der Waals surface area contributed by atoms with Crippen LogP contribution in [0.4, 0.5) is 5.69 Å². The third-order valence-corrected chi connectivity index (χ3v) is 8.92. The second-order valence-electron chi connectivity index (χ2n) is 11.6. The largest absolute Gasteiger partial charge is 0.394 e. The number of nitrogens with zero attached hydrogens (tertiary/aromatic N) is 4. The summed E-state index contributed by atoms with van der Waals surface area (Å²) >= 11 is 0. The first-order valence-corrected chi connectivity index (χ1v) is 13.8. The SMILES string of the molecule is CC(C)[C@H](CO)N1C(=O)[C@@H]2[C@H](C(=O)Nc3ccccc3)[C@]3(C)CCC2(O3)C1C(=O)NCn1nnc2ccccc21. The molecule has 3 N–H and O–H groups in total. The van der Waals surface area contributed by atoms with Crippen LogP contribution in [0.25, 0.3) is 11.0 Å². The number of carbonyl (C=O) groups excluding carboxylic acids is 3. The van der Waals surface area contributed by atoms with Gasteiger partial charge in [0.2, 0.25) is 17.7 Å². The summed E-state index contributed by atoms with van der Waals surface area (Å²) in [4.78, 5) is 43.5. The lowest BCUT2D eigenvalue weighted by atomic mass is 9.66. The van der Waals surface area contributed by atoms with Gasteiger partial charge in [-0.05, 0) is 49.9 Å². The van der Waals surface area contributed by atoms with Gasteiger partial charge in [-0.1, -0.05) is 49.4 Å². The van der Waals surface area contributed by atoms with Gasteiger partial charge in [0.25, 0.3) is 0 Å². The number of fused-ring (bicyclic) bond motifs is 2. The molecule has 40 heavy (non-hydrogen) atoms.